The third-order valence-corrected chi connectivity index (χ3v) is 7.10. The van der Waals surface area contributed by atoms with Crippen LogP contribution in [-0.4, -0.2) is 33.8 Å². The second-order valence-electron chi connectivity index (χ2n) is 7.66. The van der Waals surface area contributed by atoms with Crippen molar-refractivity contribution < 1.29 is 4.79 Å². The highest BCUT2D eigenvalue weighted by atomic mass is 32.2. The number of amidine groups is 1. The summed E-state index contributed by atoms with van der Waals surface area (Å²) >= 11 is 1.64. The van der Waals surface area contributed by atoms with Gasteiger partial charge in [-0.3, -0.25) is 9.69 Å². The van der Waals surface area contributed by atoms with Gasteiger partial charge in [0.1, 0.15) is 0 Å². The van der Waals surface area contributed by atoms with E-state index < -0.39 is 0 Å². The number of fused-ring (bicyclic) bond motifs is 3. The molecule has 0 radical (unpaired) electrons. The Hall–Kier alpha value is -1.59. The highest BCUT2D eigenvalue weighted by molar-refractivity contribution is 8.15. The van der Waals surface area contributed by atoms with Crippen LogP contribution in [-0.2, 0) is 17.9 Å². The normalized spacial score (nSPS) is 33.1. The van der Waals surface area contributed by atoms with E-state index in [0.717, 1.165) is 37.1 Å². The van der Waals surface area contributed by atoms with Gasteiger partial charge in [0, 0.05) is 25.7 Å². The van der Waals surface area contributed by atoms with Crippen molar-refractivity contribution in [3.63, 3.8) is 0 Å². The predicted molar refractivity (Wildman–Crippen MR) is 101 cm³/mol. The summed E-state index contributed by atoms with van der Waals surface area (Å²) in [6.07, 6.45) is 8.00. The maximum absolute atomic E-state index is 12.3. The average molecular weight is 353 g/mol. The monoisotopic (exact) mass is 353 g/mol. The zero-order valence-electron chi connectivity index (χ0n) is 14.2. The number of rotatable bonds is 4. The van der Waals surface area contributed by atoms with Crippen LogP contribution in [0.3, 0.4) is 0 Å². The van der Waals surface area contributed by atoms with Crippen LogP contribution >= 0.6 is 11.8 Å². The summed E-state index contributed by atoms with van der Waals surface area (Å²) in [5, 5.41) is 4.38. The first kappa shape index (κ1) is 15.6. The van der Waals surface area contributed by atoms with Gasteiger partial charge in [-0.25, -0.2) is 0 Å². The molecule has 5 heteroatoms. The molecule has 4 unspecified atom stereocenters. The van der Waals surface area contributed by atoms with Gasteiger partial charge in [0.25, 0.3) is 5.91 Å². The Bertz CT molecular complexity index is 734. The lowest BCUT2D eigenvalue weighted by Gasteiger charge is -2.20. The summed E-state index contributed by atoms with van der Waals surface area (Å²) in [5.74, 6) is 1.41. The molecule has 1 amide bonds. The number of nitrogens with one attached hydrogen (secondary N) is 1. The third-order valence-electron chi connectivity index (χ3n) is 5.94. The number of hydrogen-bond donors (Lipinski definition) is 1. The number of aliphatic imine (C=N–C) groups is 1. The van der Waals surface area contributed by atoms with E-state index in [0.29, 0.717) is 12.0 Å². The number of carbonyl (C=O) groups is 1. The second-order valence-corrected chi connectivity index (χ2v) is 8.85. The van der Waals surface area contributed by atoms with Gasteiger partial charge in [0.15, 0.2) is 5.17 Å². The zero-order chi connectivity index (χ0) is 16.8. The van der Waals surface area contributed by atoms with Crippen molar-refractivity contribution in [3.8, 4) is 0 Å². The van der Waals surface area contributed by atoms with E-state index in [1.165, 1.54) is 24.0 Å². The first-order chi connectivity index (χ1) is 12.2. The molecule has 1 fully saturated rings. The van der Waals surface area contributed by atoms with Gasteiger partial charge < -0.3 is 5.32 Å². The number of thioether (sulfide) groups is 1. The first-order valence-corrected chi connectivity index (χ1v) is 10.2. The molecule has 4 atom stereocenters. The Morgan fingerprint density at radius 2 is 1.96 bits per heavy atom. The predicted octanol–water partition coefficient (Wildman–Crippen LogP) is 2.94. The number of amides is 1. The van der Waals surface area contributed by atoms with Gasteiger partial charge in [0.2, 0.25) is 0 Å². The van der Waals surface area contributed by atoms with Gasteiger partial charge in [-0.15, -0.1) is 0 Å². The van der Waals surface area contributed by atoms with Crippen LogP contribution in [0.1, 0.15) is 30.4 Å². The van der Waals surface area contributed by atoms with Gasteiger partial charge in [0.05, 0.1) is 5.25 Å². The van der Waals surface area contributed by atoms with E-state index in [1.54, 1.807) is 11.8 Å². The molecule has 2 aliphatic heterocycles. The van der Waals surface area contributed by atoms with Crippen LogP contribution < -0.4 is 5.32 Å². The summed E-state index contributed by atoms with van der Waals surface area (Å²) in [7, 11) is 0. The van der Waals surface area contributed by atoms with Crippen LogP contribution in [0.2, 0.25) is 0 Å². The minimum atomic E-state index is -0.0136. The molecule has 0 aromatic heterocycles. The summed E-state index contributed by atoms with van der Waals surface area (Å²) in [4.78, 5) is 19.0. The van der Waals surface area contributed by atoms with E-state index >= 15 is 0 Å². The highest BCUT2D eigenvalue weighted by Crippen LogP contribution is 2.39. The highest BCUT2D eigenvalue weighted by Gasteiger charge is 2.38. The molecule has 1 aromatic carbocycles. The van der Waals surface area contributed by atoms with Gasteiger partial charge in [-0.1, -0.05) is 48.2 Å². The summed E-state index contributed by atoms with van der Waals surface area (Å²) < 4.78 is 0. The van der Waals surface area contributed by atoms with Crippen LogP contribution in [0.5, 0.6) is 0 Å². The molecule has 2 bridgehead atoms. The Morgan fingerprint density at radius 1 is 1.16 bits per heavy atom. The number of benzene rings is 1. The summed E-state index contributed by atoms with van der Waals surface area (Å²) in [5.41, 5.74) is 2.85. The van der Waals surface area contributed by atoms with E-state index in [2.05, 4.69) is 51.6 Å². The number of carbonyl (C=O) groups excluding carboxylic acids is 1. The molecule has 4 aliphatic rings. The van der Waals surface area contributed by atoms with E-state index in [-0.39, 0.29) is 11.2 Å². The number of nitrogens with zero attached hydrogens (tertiary/aromatic N) is 2. The van der Waals surface area contributed by atoms with Crippen molar-refractivity contribution in [1.29, 1.82) is 0 Å². The van der Waals surface area contributed by atoms with Gasteiger partial charge >= 0.3 is 0 Å². The quantitative estimate of drug-likeness (QED) is 0.846. The fourth-order valence-electron chi connectivity index (χ4n) is 4.60. The van der Waals surface area contributed by atoms with Gasteiger partial charge in [-0.2, -0.15) is 4.99 Å². The number of hydrogen-bond acceptors (Lipinski definition) is 4. The van der Waals surface area contributed by atoms with Crippen molar-refractivity contribution >= 4 is 22.8 Å². The Kier molecular flexibility index (Phi) is 3.94. The lowest BCUT2D eigenvalue weighted by Crippen LogP contribution is -2.35. The molecule has 0 saturated heterocycles. The molecule has 1 aromatic rings. The standard InChI is InChI=1S/C20H23N3OS/c24-19-18(7-8-23-11-15-3-1-2-4-16(15)12-23)25-20(22-19)21-17-10-13-5-6-14(17)9-13/h1-6,13-14,17-18H,7-12H2,(H,21,22,24). The SMILES string of the molecule is O=C1N=C(NC2CC3C=CC2C3)SC1CCN1Cc2ccccc2C1. The lowest BCUT2D eigenvalue weighted by atomic mass is 10.0. The van der Waals surface area contributed by atoms with Crippen molar-refractivity contribution in [2.45, 2.75) is 43.6 Å². The lowest BCUT2D eigenvalue weighted by molar-refractivity contribution is -0.117. The molecule has 1 saturated carbocycles. The smallest absolute Gasteiger partial charge is 0.261 e. The molecular formula is C20H23N3OS. The molecule has 130 valence electrons. The van der Waals surface area contributed by atoms with E-state index in [4.69, 9.17) is 0 Å². The second kappa shape index (κ2) is 6.29. The van der Waals surface area contributed by atoms with E-state index in [1.807, 2.05) is 0 Å². The Labute approximate surface area is 152 Å². The minimum Gasteiger partial charge on any atom is -0.361 e. The van der Waals surface area contributed by atoms with Gasteiger partial charge in [-0.05, 0) is 42.2 Å². The van der Waals surface area contributed by atoms with Crippen LogP contribution in [0.15, 0.2) is 41.4 Å². The molecule has 4 nitrogen and oxygen atoms in total. The van der Waals surface area contributed by atoms with Crippen molar-refractivity contribution in [2.75, 3.05) is 6.54 Å². The molecule has 1 N–H and O–H groups in total. The molecule has 5 rings (SSSR count). The molecule has 25 heavy (non-hydrogen) atoms. The van der Waals surface area contributed by atoms with E-state index in [9.17, 15) is 4.79 Å². The van der Waals surface area contributed by atoms with Crippen molar-refractivity contribution in [2.24, 2.45) is 16.8 Å². The van der Waals surface area contributed by atoms with Crippen LogP contribution in [0.4, 0.5) is 0 Å². The minimum absolute atomic E-state index is 0.0136. The number of allylic oxidation sites excluding steroid dienone is 1. The fourth-order valence-corrected chi connectivity index (χ4v) is 5.61. The molecule has 2 aliphatic carbocycles. The summed E-state index contributed by atoms with van der Waals surface area (Å²) in [6, 6.07) is 9.10. The topological polar surface area (TPSA) is 44.7 Å². The largest absolute Gasteiger partial charge is 0.361 e. The van der Waals surface area contributed by atoms with Crippen LogP contribution in [0, 0.1) is 11.8 Å². The molecule has 2 heterocycles. The van der Waals surface area contributed by atoms with Crippen LogP contribution in [0.25, 0.3) is 0 Å². The fraction of sp³-hybridized carbons (Fsp3) is 0.500. The van der Waals surface area contributed by atoms with Crippen molar-refractivity contribution in [3.05, 3.63) is 47.5 Å². The first-order valence-electron chi connectivity index (χ1n) is 9.28. The zero-order valence-corrected chi connectivity index (χ0v) is 15.0. The molecule has 0 spiro atoms. The van der Waals surface area contributed by atoms with Crippen molar-refractivity contribution in [1.82, 2.24) is 10.2 Å². The average Bonchev–Trinajstić information content (AvgIpc) is 3.36. The maximum Gasteiger partial charge on any atom is 0.261 e. The Morgan fingerprint density at radius 3 is 2.64 bits per heavy atom. The molecular weight excluding hydrogens is 330 g/mol. The summed E-state index contributed by atoms with van der Waals surface area (Å²) in [6.45, 7) is 2.97. The Balaban J connectivity index is 1.12. The third kappa shape index (κ3) is 3.04. The maximum atomic E-state index is 12.3.